The zero-order valence-electron chi connectivity index (χ0n) is 12.1. The van der Waals surface area contributed by atoms with E-state index in [0.717, 1.165) is 10.0 Å². The van der Waals surface area contributed by atoms with Crippen LogP contribution in [0.4, 0.5) is 4.79 Å². The Morgan fingerprint density at radius 2 is 1.95 bits per heavy atom. The number of carbonyl (C=O) groups excluding carboxylic acids is 3. The summed E-state index contributed by atoms with van der Waals surface area (Å²) in [6, 6.07) is 5.10. The van der Waals surface area contributed by atoms with Gasteiger partial charge in [0.1, 0.15) is 5.54 Å². The first-order chi connectivity index (χ1) is 10.4. The SMILES string of the molecule is Cc1cc(Br)ccc1C(=O)N1CCC2(CC1)NC(=O)NC2=O. The molecule has 0 unspecified atom stereocenters. The number of amides is 4. The molecule has 2 aliphatic rings. The molecule has 1 spiro atoms. The lowest BCUT2D eigenvalue weighted by molar-refractivity contribution is -0.125. The molecule has 6 nitrogen and oxygen atoms in total. The van der Waals surface area contributed by atoms with E-state index in [4.69, 9.17) is 0 Å². The molecule has 2 saturated heterocycles. The van der Waals surface area contributed by atoms with Crippen molar-refractivity contribution in [2.24, 2.45) is 0 Å². The van der Waals surface area contributed by atoms with Crippen LogP contribution in [0.15, 0.2) is 22.7 Å². The van der Waals surface area contributed by atoms with Gasteiger partial charge in [0.25, 0.3) is 11.8 Å². The minimum Gasteiger partial charge on any atom is -0.338 e. The molecule has 0 bridgehead atoms. The highest BCUT2D eigenvalue weighted by atomic mass is 79.9. The molecule has 0 aliphatic carbocycles. The maximum absolute atomic E-state index is 12.6. The fourth-order valence-electron chi connectivity index (χ4n) is 3.01. The van der Waals surface area contributed by atoms with Gasteiger partial charge in [-0.3, -0.25) is 14.9 Å². The summed E-state index contributed by atoms with van der Waals surface area (Å²) >= 11 is 3.38. The number of hydrogen-bond donors (Lipinski definition) is 2. The van der Waals surface area contributed by atoms with Crippen LogP contribution in [0.3, 0.4) is 0 Å². The van der Waals surface area contributed by atoms with Crippen LogP contribution in [0.5, 0.6) is 0 Å². The molecule has 0 radical (unpaired) electrons. The number of rotatable bonds is 1. The van der Waals surface area contributed by atoms with Crippen LogP contribution < -0.4 is 10.6 Å². The Morgan fingerprint density at radius 3 is 2.50 bits per heavy atom. The molecular formula is C15H16BrN3O3. The van der Waals surface area contributed by atoms with Crippen LogP contribution in [-0.2, 0) is 4.79 Å². The van der Waals surface area contributed by atoms with E-state index in [0.29, 0.717) is 31.5 Å². The second kappa shape index (κ2) is 5.39. The fraction of sp³-hybridized carbons (Fsp3) is 0.400. The zero-order chi connectivity index (χ0) is 15.9. The number of carbonyl (C=O) groups is 3. The maximum Gasteiger partial charge on any atom is 0.322 e. The van der Waals surface area contributed by atoms with Crippen molar-refractivity contribution in [1.29, 1.82) is 0 Å². The first-order valence-electron chi connectivity index (χ1n) is 7.10. The van der Waals surface area contributed by atoms with Gasteiger partial charge in [0, 0.05) is 23.1 Å². The van der Waals surface area contributed by atoms with Gasteiger partial charge < -0.3 is 10.2 Å². The summed E-state index contributed by atoms with van der Waals surface area (Å²) in [5.74, 6) is -0.325. The number of nitrogens with zero attached hydrogens (tertiary/aromatic N) is 1. The largest absolute Gasteiger partial charge is 0.338 e. The second-order valence-corrected chi connectivity index (χ2v) is 6.66. The van der Waals surface area contributed by atoms with Gasteiger partial charge in [-0.05, 0) is 43.5 Å². The molecule has 2 heterocycles. The number of nitrogens with one attached hydrogen (secondary N) is 2. The van der Waals surface area contributed by atoms with Gasteiger partial charge in [-0.15, -0.1) is 0 Å². The van der Waals surface area contributed by atoms with Crippen LogP contribution >= 0.6 is 15.9 Å². The summed E-state index contributed by atoms with van der Waals surface area (Å²) in [6.07, 6.45) is 0.873. The lowest BCUT2D eigenvalue weighted by atomic mass is 9.87. The van der Waals surface area contributed by atoms with Crippen molar-refractivity contribution >= 4 is 33.8 Å². The van der Waals surface area contributed by atoms with E-state index >= 15 is 0 Å². The molecule has 1 aromatic carbocycles. The first kappa shape index (κ1) is 15.0. The number of benzene rings is 1. The van der Waals surface area contributed by atoms with E-state index in [9.17, 15) is 14.4 Å². The van der Waals surface area contributed by atoms with Crippen LogP contribution in [0.25, 0.3) is 0 Å². The summed E-state index contributed by atoms with van der Waals surface area (Å²) in [5, 5.41) is 4.96. The molecule has 2 N–H and O–H groups in total. The molecule has 7 heteroatoms. The van der Waals surface area contributed by atoms with Crippen molar-refractivity contribution in [3.63, 3.8) is 0 Å². The lowest BCUT2D eigenvalue weighted by Crippen LogP contribution is -2.55. The monoisotopic (exact) mass is 365 g/mol. The Bertz CT molecular complexity index is 666. The average Bonchev–Trinajstić information content (AvgIpc) is 2.73. The van der Waals surface area contributed by atoms with E-state index in [1.165, 1.54) is 0 Å². The number of piperidine rings is 1. The molecule has 4 amide bonds. The van der Waals surface area contributed by atoms with Crippen molar-refractivity contribution in [3.05, 3.63) is 33.8 Å². The predicted octanol–water partition coefficient (Wildman–Crippen LogP) is 1.57. The highest BCUT2D eigenvalue weighted by Crippen LogP contribution is 2.27. The summed E-state index contributed by atoms with van der Waals surface area (Å²) in [7, 11) is 0. The number of likely N-dealkylation sites (tertiary alicyclic amines) is 1. The van der Waals surface area contributed by atoms with Crippen molar-refractivity contribution in [3.8, 4) is 0 Å². The summed E-state index contributed by atoms with van der Waals surface area (Å²) in [4.78, 5) is 37.5. The molecular weight excluding hydrogens is 350 g/mol. The first-order valence-corrected chi connectivity index (χ1v) is 7.90. The van der Waals surface area contributed by atoms with Gasteiger partial charge in [-0.1, -0.05) is 15.9 Å². The quantitative estimate of drug-likeness (QED) is 0.741. The van der Waals surface area contributed by atoms with Gasteiger partial charge in [0.05, 0.1) is 0 Å². The van der Waals surface area contributed by atoms with Crippen molar-refractivity contribution in [2.75, 3.05) is 13.1 Å². The minimum atomic E-state index is -0.845. The van der Waals surface area contributed by atoms with Crippen molar-refractivity contribution in [2.45, 2.75) is 25.3 Å². The standard InChI is InChI=1S/C15H16BrN3O3/c1-9-8-10(16)2-3-11(9)12(20)19-6-4-15(5-7-19)13(21)17-14(22)18-15/h2-3,8H,4-7H2,1H3,(H2,17,18,21,22). The highest BCUT2D eigenvalue weighted by molar-refractivity contribution is 9.10. The predicted molar refractivity (Wildman–Crippen MR) is 83.4 cm³/mol. The van der Waals surface area contributed by atoms with Crippen LogP contribution in [0.2, 0.25) is 0 Å². The fourth-order valence-corrected chi connectivity index (χ4v) is 3.48. The lowest BCUT2D eigenvalue weighted by Gasteiger charge is -2.37. The smallest absolute Gasteiger partial charge is 0.322 e. The van der Waals surface area contributed by atoms with Gasteiger partial charge in [0.15, 0.2) is 0 Å². The summed E-state index contributed by atoms with van der Waals surface area (Å²) < 4.78 is 0.935. The molecule has 0 atom stereocenters. The molecule has 1 aromatic rings. The number of imide groups is 1. The maximum atomic E-state index is 12.6. The average molecular weight is 366 g/mol. The Morgan fingerprint density at radius 1 is 1.27 bits per heavy atom. The molecule has 0 aromatic heterocycles. The van der Waals surface area contributed by atoms with E-state index in [2.05, 4.69) is 26.6 Å². The minimum absolute atomic E-state index is 0.0374. The molecule has 2 aliphatic heterocycles. The third kappa shape index (κ3) is 2.49. The van der Waals surface area contributed by atoms with Crippen LogP contribution in [0, 0.1) is 6.92 Å². The molecule has 22 heavy (non-hydrogen) atoms. The molecule has 2 fully saturated rings. The van der Waals surface area contributed by atoms with Crippen molar-refractivity contribution < 1.29 is 14.4 Å². The third-order valence-electron chi connectivity index (χ3n) is 4.34. The van der Waals surface area contributed by atoms with Gasteiger partial charge in [-0.2, -0.15) is 0 Å². The number of aryl methyl sites for hydroxylation is 1. The number of urea groups is 1. The normalized spacial score (nSPS) is 20.0. The summed E-state index contributed by atoms with van der Waals surface area (Å²) in [6.45, 7) is 2.79. The third-order valence-corrected chi connectivity index (χ3v) is 4.83. The number of hydrogen-bond acceptors (Lipinski definition) is 3. The van der Waals surface area contributed by atoms with E-state index in [1.807, 2.05) is 19.1 Å². The highest BCUT2D eigenvalue weighted by Gasteiger charge is 2.48. The molecule has 116 valence electrons. The van der Waals surface area contributed by atoms with E-state index in [-0.39, 0.29) is 11.8 Å². The van der Waals surface area contributed by atoms with E-state index in [1.54, 1.807) is 11.0 Å². The molecule has 0 saturated carbocycles. The Labute approximate surface area is 136 Å². The van der Waals surface area contributed by atoms with Gasteiger partial charge in [-0.25, -0.2) is 4.79 Å². The Kier molecular flexibility index (Phi) is 3.68. The summed E-state index contributed by atoms with van der Waals surface area (Å²) in [5.41, 5.74) is 0.730. The molecule has 3 rings (SSSR count). The Hall–Kier alpha value is -1.89. The second-order valence-electron chi connectivity index (χ2n) is 5.74. The van der Waals surface area contributed by atoms with Gasteiger partial charge in [0.2, 0.25) is 0 Å². The van der Waals surface area contributed by atoms with Gasteiger partial charge >= 0.3 is 6.03 Å². The van der Waals surface area contributed by atoms with Crippen LogP contribution in [-0.4, -0.2) is 41.4 Å². The van der Waals surface area contributed by atoms with E-state index < -0.39 is 11.6 Å². The number of halogens is 1. The topological polar surface area (TPSA) is 78.5 Å². The van der Waals surface area contributed by atoms with Crippen LogP contribution in [0.1, 0.15) is 28.8 Å². The zero-order valence-corrected chi connectivity index (χ0v) is 13.7. The van der Waals surface area contributed by atoms with Crippen molar-refractivity contribution in [1.82, 2.24) is 15.5 Å². The Balaban J connectivity index is 1.72.